The lowest BCUT2D eigenvalue weighted by Gasteiger charge is -2.27. The first kappa shape index (κ1) is 16.7. The number of para-hydroxylation sites is 1. The molecule has 0 saturated heterocycles. The zero-order valence-electron chi connectivity index (χ0n) is 15.0. The third kappa shape index (κ3) is 3.32. The molecule has 4 heteroatoms. The quantitative estimate of drug-likeness (QED) is 0.694. The van der Waals surface area contributed by atoms with Crippen LogP contribution in [-0.4, -0.2) is 23.5 Å². The number of aromatic nitrogens is 1. The van der Waals surface area contributed by atoms with Crippen LogP contribution >= 0.6 is 0 Å². The van der Waals surface area contributed by atoms with E-state index in [-0.39, 0.29) is 12.0 Å². The van der Waals surface area contributed by atoms with E-state index in [0.717, 1.165) is 24.8 Å². The van der Waals surface area contributed by atoms with Crippen LogP contribution in [0.5, 0.6) is 5.75 Å². The third-order valence-electron chi connectivity index (χ3n) is 5.15. The van der Waals surface area contributed by atoms with Crippen molar-refractivity contribution in [2.45, 2.75) is 38.7 Å². The number of carbonyl (C=O) groups excluding carboxylic acids is 1. The van der Waals surface area contributed by atoms with Crippen molar-refractivity contribution < 1.29 is 9.53 Å². The SMILES string of the molecule is Cc1cccc2[nH]cc(CCNC(=O)c3ccccc3OC3CCC3)c12. The highest BCUT2D eigenvalue weighted by Gasteiger charge is 2.21. The molecule has 1 aliphatic carbocycles. The Labute approximate surface area is 153 Å². The van der Waals surface area contributed by atoms with Crippen molar-refractivity contribution in [3.63, 3.8) is 0 Å². The lowest BCUT2D eigenvalue weighted by atomic mass is 9.96. The molecule has 1 heterocycles. The Balaban J connectivity index is 1.41. The Morgan fingerprint density at radius 3 is 2.85 bits per heavy atom. The number of H-pyrrole nitrogens is 1. The number of fused-ring (bicyclic) bond motifs is 1. The molecule has 0 radical (unpaired) electrons. The van der Waals surface area contributed by atoms with Gasteiger partial charge in [-0.2, -0.15) is 0 Å². The van der Waals surface area contributed by atoms with E-state index in [1.807, 2.05) is 30.5 Å². The summed E-state index contributed by atoms with van der Waals surface area (Å²) in [7, 11) is 0. The molecular weight excluding hydrogens is 324 g/mol. The molecule has 4 rings (SSSR count). The van der Waals surface area contributed by atoms with Crippen molar-refractivity contribution in [3.8, 4) is 5.75 Å². The summed E-state index contributed by atoms with van der Waals surface area (Å²) in [5.74, 6) is 0.620. The van der Waals surface area contributed by atoms with E-state index >= 15 is 0 Å². The van der Waals surface area contributed by atoms with Crippen LogP contribution in [0.1, 0.15) is 40.7 Å². The number of amides is 1. The fourth-order valence-corrected chi connectivity index (χ4v) is 3.48. The van der Waals surface area contributed by atoms with Crippen LogP contribution in [0.4, 0.5) is 0 Å². The van der Waals surface area contributed by atoms with Crippen molar-refractivity contribution in [3.05, 3.63) is 65.4 Å². The Morgan fingerprint density at radius 1 is 1.19 bits per heavy atom. The number of benzene rings is 2. The molecule has 1 aliphatic rings. The molecule has 1 saturated carbocycles. The highest BCUT2D eigenvalue weighted by molar-refractivity contribution is 5.97. The predicted molar refractivity (Wildman–Crippen MR) is 104 cm³/mol. The molecular formula is C22H24N2O2. The van der Waals surface area contributed by atoms with Gasteiger partial charge >= 0.3 is 0 Å². The van der Waals surface area contributed by atoms with Crippen LogP contribution in [0.2, 0.25) is 0 Å². The molecule has 0 spiro atoms. The van der Waals surface area contributed by atoms with Crippen LogP contribution in [0.25, 0.3) is 10.9 Å². The molecule has 1 aromatic heterocycles. The zero-order valence-corrected chi connectivity index (χ0v) is 15.0. The van der Waals surface area contributed by atoms with Gasteiger partial charge in [0.15, 0.2) is 0 Å². The summed E-state index contributed by atoms with van der Waals surface area (Å²) in [5.41, 5.74) is 4.25. The first-order chi connectivity index (χ1) is 12.7. The average molecular weight is 348 g/mol. The van der Waals surface area contributed by atoms with Gasteiger partial charge in [0, 0.05) is 23.6 Å². The Hall–Kier alpha value is -2.75. The van der Waals surface area contributed by atoms with Gasteiger partial charge in [-0.15, -0.1) is 0 Å². The molecule has 134 valence electrons. The largest absolute Gasteiger partial charge is 0.490 e. The molecule has 0 aliphatic heterocycles. The second kappa shape index (κ2) is 7.24. The van der Waals surface area contributed by atoms with Crippen molar-refractivity contribution >= 4 is 16.8 Å². The second-order valence-corrected chi connectivity index (χ2v) is 6.98. The van der Waals surface area contributed by atoms with Crippen LogP contribution in [-0.2, 0) is 6.42 Å². The Kier molecular flexibility index (Phi) is 4.65. The summed E-state index contributed by atoms with van der Waals surface area (Å²) >= 11 is 0. The zero-order chi connectivity index (χ0) is 17.9. The van der Waals surface area contributed by atoms with Crippen molar-refractivity contribution in [1.82, 2.24) is 10.3 Å². The highest BCUT2D eigenvalue weighted by atomic mass is 16.5. The summed E-state index contributed by atoms with van der Waals surface area (Å²) in [6.07, 6.45) is 6.47. The molecule has 4 nitrogen and oxygen atoms in total. The molecule has 2 aromatic carbocycles. The first-order valence-corrected chi connectivity index (χ1v) is 9.32. The minimum Gasteiger partial charge on any atom is -0.490 e. The van der Waals surface area contributed by atoms with E-state index in [2.05, 4.69) is 35.4 Å². The first-order valence-electron chi connectivity index (χ1n) is 9.32. The summed E-state index contributed by atoms with van der Waals surface area (Å²) in [5, 5.41) is 4.30. The topological polar surface area (TPSA) is 54.1 Å². The van der Waals surface area contributed by atoms with Crippen LogP contribution < -0.4 is 10.1 Å². The molecule has 2 N–H and O–H groups in total. The number of aryl methyl sites for hydroxylation is 1. The fraction of sp³-hybridized carbons (Fsp3) is 0.318. The van der Waals surface area contributed by atoms with Gasteiger partial charge in [-0.25, -0.2) is 0 Å². The predicted octanol–water partition coefficient (Wildman–Crippen LogP) is 4.38. The number of hydrogen-bond acceptors (Lipinski definition) is 2. The van der Waals surface area contributed by atoms with E-state index in [0.29, 0.717) is 17.9 Å². The van der Waals surface area contributed by atoms with Gasteiger partial charge in [0.05, 0.1) is 11.7 Å². The van der Waals surface area contributed by atoms with Gasteiger partial charge in [0.2, 0.25) is 0 Å². The Morgan fingerprint density at radius 2 is 2.04 bits per heavy atom. The summed E-state index contributed by atoms with van der Waals surface area (Å²) in [4.78, 5) is 15.9. The van der Waals surface area contributed by atoms with Crippen LogP contribution in [0.3, 0.4) is 0 Å². The molecule has 1 fully saturated rings. The minimum absolute atomic E-state index is 0.0727. The molecule has 26 heavy (non-hydrogen) atoms. The molecule has 1 amide bonds. The molecule has 3 aromatic rings. The summed E-state index contributed by atoms with van der Waals surface area (Å²) < 4.78 is 5.96. The van der Waals surface area contributed by atoms with E-state index in [1.54, 1.807) is 0 Å². The number of carbonyl (C=O) groups is 1. The molecule has 0 bridgehead atoms. The summed E-state index contributed by atoms with van der Waals surface area (Å²) in [6, 6.07) is 13.8. The second-order valence-electron chi connectivity index (χ2n) is 6.98. The monoisotopic (exact) mass is 348 g/mol. The van der Waals surface area contributed by atoms with Gasteiger partial charge in [0.1, 0.15) is 5.75 Å². The van der Waals surface area contributed by atoms with Crippen molar-refractivity contribution in [2.24, 2.45) is 0 Å². The lowest BCUT2D eigenvalue weighted by Crippen LogP contribution is -2.29. The normalized spacial score (nSPS) is 14.2. The van der Waals surface area contributed by atoms with Gasteiger partial charge in [0.25, 0.3) is 5.91 Å². The van der Waals surface area contributed by atoms with Gasteiger partial charge in [-0.1, -0.05) is 24.3 Å². The van der Waals surface area contributed by atoms with E-state index in [9.17, 15) is 4.79 Å². The number of rotatable bonds is 6. The van der Waals surface area contributed by atoms with Crippen LogP contribution in [0.15, 0.2) is 48.7 Å². The van der Waals surface area contributed by atoms with Gasteiger partial charge < -0.3 is 15.0 Å². The number of aromatic amines is 1. The summed E-state index contributed by atoms with van der Waals surface area (Å²) in [6.45, 7) is 2.71. The van der Waals surface area contributed by atoms with E-state index in [1.165, 1.54) is 22.9 Å². The van der Waals surface area contributed by atoms with E-state index < -0.39 is 0 Å². The fourth-order valence-electron chi connectivity index (χ4n) is 3.48. The molecule has 0 atom stereocenters. The smallest absolute Gasteiger partial charge is 0.255 e. The van der Waals surface area contributed by atoms with Gasteiger partial charge in [-0.05, 0) is 61.9 Å². The minimum atomic E-state index is -0.0727. The Bertz CT molecular complexity index is 925. The maximum Gasteiger partial charge on any atom is 0.255 e. The number of ether oxygens (including phenoxy) is 1. The maximum atomic E-state index is 12.6. The average Bonchev–Trinajstić information content (AvgIpc) is 3.03. The van der Waals surface area contributed by atoms with Crippen molar-refractivity contribution in [1.29, 1.82) is 0 Å². The van der Waals surface area contributed by atoms with Crippen molar-refractivity contribution in [2.75, 3.05) is 6.54 Å². The maximum absolute atomic E-state index is 12.6. The van der Waals surface area contributed by atoms with E-state index in [4.69, 9.17) is 4.74 Å². The lowest BCUT2D eigenvalue weighted by molar-refractivity contribution is 0.0928. The standard InChI is InChI=1S/C22H24N2O2/c1-15-6-4-10-19-21(15)16(14-24-19)12-13-23-22(25)18-9-2-3-11-20(18)26-17-7-5-8-17/h2-4,6,9-11,14,17,24H,5,7-8,12-13H2,1H3,(H,23,25). The number of hydrogen-bond donors (Lipinski definition) is 2. The third-order valence-corrected chi connectivity index (χ3v) is 5.15. The van der Waals surface area contributed by atoms with Gasteiger partial charge in [-0.3, -0.25) is 4.79 Å². The highest BCUT2D eigenvalue weighted by Crippen LogP contribution is 2.27. The van der Waals surface area contributed by atoms with Crippen LogP contribution in [0, 0.1) is 6.92 Å². The molecule has 0 unspecified atom stereocenters. The number of nitrogens with one attached hydrogen (secondary N) is 2.